The van der Waals surface area contributed by atoms with Crippen LogP contribution < -0.4 is 5.32 Å². The summed E-state index contributed by atoms with van der Waals surface area (Å²) in [5.41, 5.74) is 0.992. The Hall–Kier alpha value is -2.32. The number of hydrogen-bond donors (Lipinski definition) is 1. The van der Waals surface area contributed by atoms with Crippen molar-refractivity contribution in [1.82, 2.24) is 24.8 Å². The molecule has 3 rings (SSSR count). The molecule has 7 nitrogen and oxygen atoms in total. The minimum Gasteiger partial charge on any atom is -0.339 e. The number of piperidine rings is 1. The Balaban J connectivity index is 1.56. The first-order valence-electron chi connectivity index (χ1n) is 9.18. The number of likely N-dealkylation sites (tertiary alicyclic amines) is 1. The summed E-state index contributed by atoms with van der Waals surface area (Å²) in [6.07, 6.45) is 9.96. The molecule has 144 valence electrons. The van der Waals surface area contributed by atoms with Gasteiger partial charge in [0, 0.05) is 49.0 Å². The average Bonchev–Trinajstić information content (AvgIpc) is 3.15. The third-order valence-electron chi connectivity index (χ3n) is 4.45. The molecule has 0 spiro atoms. The van der Waals surface area contributed by atoms with Gasteiger partial charge in [0.1, 0.15) is 12.1 Å². The molecule has 2 aromatic heterocycles. The number of nitrogens with one attached hydrogen (secondary N) is 1. The fourth-order valence-corrected chi connectivity index (χ4v) is 3.71. The maximum atomic E-state index is 12.4. The van der Waals surface area contributed by atoms with E-state index in [1.165, 1.54) is 11.3 Å². The molecular formula is C19H26N6OS. The standard InChI is InChI=1S/C19H26N6OS/c1-24(2)8-4-6-18(26)25-9-3-5-15(13-25)11-16-12-17(22-14-21-16)23-19-20-7-10-27-19/h4,6-7,10,12,14-15H,3,5,8-9,11,13H2,1-2H3,(H,20,21,22,23). The highest BCUT2D eigenvalue weighted by Crippen LogP contribution is 2.22. The topological polar surface area (TPSA) is 74.2 Å². The highest BCUT2D eigenvalue weighted by molar-refractivity contribution is 7.13. The van der Waals surface area contributed by atoms with Crippen LogP contribution in [0.5, 0.6) is 0 Å². The second-order valence-electron chi connectivity index (χ2n) is 7.02. The fraction of sp³-hybridized carbons (Fsp3) is 0.474. The van der Waals surface area contributed by atoms with Crippen molar-refractivity contribution in [2.24, 2.45) is 5.92 Å². The van der Waals surface area contributed by atoms with Gasteiger partial charge in [0.15, 0.2) is 5.13 Å². The molecule has 1 aliphatic heterocycles. The first-order valence-corrected chi connectivity index (χ1v) is 10.1. The van der Waals surface area contributed by atoms with Crippen molar-refractivity contribution in [2.45, 2.75) is 19.3 Å². The highest BCUT2D eigenvalue weighted by atomic mass is 32.1. The normalized spacial score (nSPS) is 17.6. The number of thiazole rings is 1. The molecule has 0 saturated carbocycles. The minimum absolute atomic E-state index is 0.107. The molecule has 27 heavy (non-hydrogen) atoms. The lowest BCUT2D eigenvalue weighted by atomic mass is 9.93. The van der Waals surface area contributed by atoms with Crippen molar-refractivity contribution in [2.75, 3.05) is 39.0 Å². The van der Waals surface area contributed by atoms with E-state index in [1.54, 1.807) is 18.6 Å². The molecule has 0 radical (unpaired) electrons. The van der Waals surface area contributed by atoms with Gasteiger partial charge in [-0.25, -0.2) is 15.0 Å². The van der Waals surface area contributed by atoms with Crippen LogP contribution in [0, 0.1) is 5.92 Å². The van der Waals surface area contributed by atoms with Gasteiger partial charge >= 0.3 is 0 Å². The molecular weight excluding hydrogens is 360 g/mol. The molecule has 1 unspecified atom stereocenters. The Morgan fingerprint density at radius 2 is 2.30 bits per heavy atom. The minimum atomic E-state index is 0.107. The number of amides is 1. The first-order chi connectivity index (χ1) is 13.1. The average molecular weight is 387 g/mol. The predicted molar refractivity (Wildman–Crippen MR) is 108 cm³/mol. The zero-order chi connectivity index (χ0) is 19.1. The third kappa shape index (κ3) is 6.11. The predicted octanol–water partition coefficient (Wildman–Crippen LogP) is 2.58. The molecule has 2 aromatic rings. The molecule has 1 amide bonds. The van der Waals surface area contributed by atoms with Crippen molar-refractivity contribution >= 4 is 28.2 Å². The molecule has 0 aromatic carbocycles. The Morgan fingerprint density at radius 1 is 1.41 bits per heavy atom. The summed E-state index contributed by atoms with van der Waals surface area (Å²) in [7, 11) is 3.98. The zero-order valence-electron chi connectivity index (χ0n) is 15.8. The maximum absolute atomic E-state index is 12.4. The number of carbonyl (C=O) groups excluding carboxylic acids is 1. The number of rotatable bonds is 7. The van der Waals surface area contributed by atoms with Gasteiger partial charge in [0.05, 0.1) is 0 Å². The van der Waals surface area contributed by atoms with Crippen LogP contribution in [-0.2, 0) is 11.2 Å². The van der Waals surface area contributed by atoms with E-state index in [4.69, 9.17) is 0 Å². The smallest absolute Gasteiger partial charge is 0.246 e. The van der Waals surface area contributed by atoms with Crippen LogP contribution in [0.25, 0.3) is 0 Å². The second-order valence-corrected chi connectivity index (χ2v) is 7.91. The molecule has 3 heterocycles. The molecule has 1 fully saturated rings. The Morgan fingerprint density at radius 3 is 3.07 bits per heavy atom. The van der Waals surface area contributed by atoms with Crippen LogP contribution in [0.3, 0.4) is 0 Å². The molecule has 1 atom stereocenters. The van der Waals surface area contributed by atoms with Crippen LogP contribution in [0.15, 0.2) is 36.1 Å². The van der Waals surface area contributed by atoms with Gasteiger partial charge < -0.3 is 15.1 Å². The van der Waals surface area contributed by atoms with Gasteiger partial charge in [-0.05, 0) is 39.3 Å². The van der Waals surface area contributed by atoms with Crippen molar-refractivity contribution in [3.8, 4) is 0 Å². The summed E-state index contributed by atoms with van der Waals surface area (Å²) in [4.78, 5) is 29.3. The van der Waals surface area contributed by atoms with Crippen molar-refractivity contribution in [3.63, 3.8) is 0 Å². The summed E-state index contributed by atoms with van der Waals surface area (Å²) < 4.78 is 0. The number of carbonyl (C=O) groups is 1. The van der Waals surface area contributed by atoms with Gasteiger partial charge in [0.25, 0.3) is 0 Å². The van der Waals surface area contributed by atoms with Crippen LogP contribution in [0.1, 0.15) is 18.5 Å². The largest absolute Gasteiger partial charge is 0.339 e. The summed E-state index contributed by atoms with van der Waals surface area (Å²) in [5.74, 6) is 1.29. The number of anilines is 2. The summed E-state index contributed by atoms with van der Waals surface area (Å²) in [6.45, 7) is 2.39. The van der Waals surface area contributed by atoms with E-state index in [0.717, 1.165) is 55.5 Å². The molecule has 0 aliphatic carbocycles. The maximum Gasteiger partial charge on any atom is 0.246 e. The Labute approximate surface area is 164 Å². The van der Waals surface area contributed by atoms with Gasteiger partial charge in [-0.1, -0.05) is 6.08 Å². The number of hydrogen-bond acceptors (Lipinski definition) is 7. The molecule has 8 heteroatoms. The van der Waals surface area contributed by atoms with Crippen LogP contribution in [0.2, 0.25) is 0 Å². The van der Waals surface area contributed by atoms with Crippen LogP contribution in [0.4, 0.5) is 10.9 Å². The van der Waals surface area contributed by atoms with E-state index < -0.39 is 0 Å². The van der Waals surface area contributed by atoms with E-state index in [2.05, 4.69) is 20.3 Å². The molecule has 1 N–H and O–H groups in total. The van der Waals surface area contributed by atoms with Crippen LogP contribution >= 0.6 is 11.3 Å². The third-order valence-corrected chi connectivity index (χ3v) is 5.14. The monoisotopic (exact) mass is 386 g/mol. The van der Waals surface area contributed by atoms with Crippen molar-refractivity contribution < 1.29 is 4.79 Å². The number of nitrogens with zero attached hydrogens (tertiary/aromatic N) is 5. The van der Waals surface area contributed by atoms with Crippen LogP contribution in [-0.4, -0.2) is 64.4 Å². The Kier molecular flexibility index (Phi) is 6.89. The van der Waals surface area contributed by atoms with Crippen molar-refractivity contribution in [3.05, 3.63) is 41.8 Å². The SMILES string of the molecule is CN(C)CC=CC(=O)N1CCCC(Cc2cc(Nc3nccs3)ncn2)C1. The number of aromatic nitrogens is 3. The number of likely N-dealkylation sites (N-methyl/N-ethyl adjacent to an activating group) is 1. The van der Waals surface area contributed by atoms with Gasteiger partial charge in [0.2, 0.25) is 5.91 Å². The van der Waals surface area contributed by atoms with E-state index in [-0.39, 0.29) is 5.91 Å². The zero-order valence-corrected chi connectivity index (χ0v) is 16.7. The van der Waals surface area contributed by atoms with Gasteiger partial charge in [-0.3, -0.25) is 4.79 Å². The van der Waals surface area contributed by atoms with Gasteiger partial charge in [-0.2, -0.15) is 0 Å². The summed E-state index contributed by atoms with van der Waals surface area (Å²) in [6, 6.07) is 1.97. The molecule has 1 aliphatic rings. The van der Waals surface area contributed by atoms with E-state index in [0.29, 0.717) is 5.92 Å². The molecule has 0 bridgehead atoms. The highest BCUT2D eigenvalue weighted by Gasteiger charge is 2.23. The van der Waals surface area contributed by atoms with E-state index in [1.807, 2.05) is 41.4 Å². The van der Waals surface area contributed by atoms with Gasteiger partial charge in [-0.15, -0.1) is 11.3 Å². The fourth-order valence-electron chi connectivity index (χ4n) is 3.17. The first kappa shape index (κ1) is 19.4. The molecule has 1 saturated heterocycles. The van der Waals surface area contributed by atoms with E-state index >= 15 is 0 Å². The lowest BCUT2D eigenvalue weighted by Crippen LogP contribution is -2.39. The Bertz CT molecular complexity index is 761. The quantitative estimate of drug-likeness (QED) is 0.737. The lowest BCUT2D eigenvalue weighted by molar-refractivity contribution is -0.127. The summed E-state index contributed by atoms with van der Waals surface area (Å²) in [5, 5.41) is 5.94. The lowest BCUT2D eigenvalue weighted by Gasteiger charge is -2.32. The van der Waals surface area contributed by atoms with Crippen molar-refractivity contribution in [1.29, 1.82) is 0 Å². The summed E-state index contributed by atoms with van der Waals surface area (Å²) >= 11 is 1.53. The van der Waals surface area contributed by atoms with E-state index in [9.17, 15) is 4.79 Å². The second kappa shape index (κ2) is 9.57.